The van der Waals surface area contributed by atoms with Gasteiger partial charge in [0.2, 0.25) is 5.91 Å². The molecule has 0 spiro atoms. The SMILES string of the molecule is COc1ccc(C(C)C)cc1C(=O)N1CCCN(C(C)=O)CC1. The normalized spacial score (nSPS) is 15.5. The van der Waals surface area contributed by atoms with E-state index >= 15 is 0 Å². The molecule has 0 atom stereocenters. The molecule has 23 heavy (non-hydrogen) atoms. The number of benzene rings is 1. The Morgan fingerprint density at radius 1 is 1.09 bits per heavy atom. The molecule has 1 saturated heterocycles. The molecule has 0 unspecified atom stereocenters. The molecule has 1 aliphatic rings. The highest BCUT2D eigenvalue weighted by Gasteiger charge is 2.24. The zero-order valence-corrected chi connectivity index (χ0v) is 14.5. The molecule has 5 nitrogen and oxygen atoms in total. The lowest BCUT2D eigenvalue weighted by Crippen LogP contribution is -2.36. The molecule has 1 aromatic rings. The molecular formula is C18H26N2O3. The summed E-state index contributed by atoms with van der Waals surface area (Å²) in [4.78, 5) is 28.1. The Bertz CT molecular complexity index is 584. The van der Waals surface area contributed by atoms with Crippen molar-refractivity contribution in [1.29, 1.82) is 0 Å². The van der Waals surface area contributed by atoms with Gasteiger partial charge in [-0.1, -0.05) is 19.9 Å². The first-order chi connectivity index (χ1) is 10.9. The van der Waals surface area contributed by atoms with Gasteiger partial charge in [0.15, 0.2) is 0 Å². The topological polar surface area (TPSA) is 49.9 Å². The monoisotopic (exact) mass is 318 g/mol. The number of methoxy groups -OCH3 is 1. The van der Waals surface area contributed by atoms with Crippen molar-refractivity contribution in [2.24, 2.45) is 0 Å². The van der Waals surface area contributed by atoms with Gasteiger partial charge in [-0.25, -0.2) is 0 Å². The number of carbonyl (C=O) groups excluding carboxylic acids is 2. The summed E-state index contributed by atoms with van der Waals surface area (Å²) < 4.78 is 5.37. The van der Waals surface area contributed by atoms with Gasteiger partial charge in [0.05, 0.1) is 12.7 Å². The first-order valence-corrected chi connectivity index (χ1v) is 8.16. The van der Waals surface area contributed by atoms with Gasteiger partial charge in [-0.15, -0.1) is 0 Å². The molecule has 126 valence electrons. The number of hydrogen-bond acceptors (Lipinski definition) is 3. The van der Waals surface area contributed by atoms with E-state index in [4.69, 9.17) is 4.74 Å². The van der Waals surface area contributed by atoms with Crippen molar-refractivity contribution in [3.63, 3.8) is 0 Å². The molecular weight excluding hydrogens is 292 g/mol. The van der Waals surface area contributed by atoms with E-state index in [1.54, 1.807) is 18.9 Å². The average molecular weight is 318 g/mol. The Morgan fingerprint density at radius 2 is 1.74 bits per heavy atom. The van der Waals surface area contributed by atoms with Gasteiger partial charge in [-0.3, -0.25) is 9.59 Å². The van der Waals surface area contributed by atoms with Crippen molar-refractivity contribution in [3.05, 3.63) is 29.3 Å². The van der Waals surface area contributed by atoms with Crippen molar-refractivity contribution in [2.45, 2.75) is 33.1 Å². The molecule has 0 radical (unpaired) electrons. The van der Waals surface area contributed by atoms with Crippen molar-refractivity contribution in [2.75, 3.05) is 33.3 Å². The Hall–Kier alpha value is -2.04. The highest BCUT2D eigenvalue weighted by Crippen LogP contribution is 2.25. The summed E-state index contributed by atoms with van der Waals surface area (Å²) >= 11 is 0. The minimum atomic E-state index is -0.0187. The maximum atomic E-state index is 12.9. The van der Waals surface area contributed by atoms with Gasteiger partial charge in [-0.05, 0) is 30.0 Å². The van der Waals surface area contributed by atoms with Gasteiger partial charge < -0.3 is 14.5 Å². The van der Waals surface area contributed by atoms with Crippen molar-refractivity contribution in [1.82, 2.24) is 9.80 Å². The molecule has 0 aromatic heterocycles. The molecule has 1 aliphatic heterocycles. The minimum absolute atomic E-state index is 0.0187. The zero-order valence-electron chi connectivity index (χ0n) is 14.5. The van der Waals surface area contributed by atoms with Crippen LogP contribution in [-0.4, -0.2) is 54.9 Å². The van der Waals surface area contributed by atoms with Crippen LogP contribution in [0.1, 0.15) is 49.0 Å². The predicted octanol–water partition coefficient (Wildman–Crippen LogP) is 2.51. The summed E-state index contributed by atoms with van der Waals surface area (Å²) in [6.45, 7) is 8.31. The maximum absolute atomic E-state index is 12.9. The largest absolute Gasteiger partial charge is 0.496 e. The van der Waals surface area contributed by atoms with E-state index in [1.807, 2.05) is 23.1 Å². The van der Waals surface area contributed by atoms with E-state index in [-0.39, 0.29) is 11.8 Å². The van der Waals surface area contributed by atoms with Crippen LogP contribution in [0, 0.1) is 0 Å². The molecule has 2 amide bonds. The number of amides is 2. The standard InChI is InChI=1S/C18H26N2O3/c1-13(2)15-6-7-17(23-4)16(12-15)18(22)20-9-5-8-19(10-11-20)14(3)21/h6-7,12-13H,5,8-11H2,1-4H3. The number of hydrogen-bond donors (Lipinski definition) is 0. The Kier molecular flexibility index (Phi) is 5.64. The maximum Gasteiger partial charge on any atom is 0.257 e. The first-order valence-electron chi connectivity index (χ1n) is 8.16. The van der Waals surface area contributed by atoms with Crippen molar-refractivity contribution < 1.29 is 14.3 Å². The van der Waals surface area contributed by atoms with Gasteiger partial charge in [-0.2, -0.15) is 0 Å². The average Bonchev–Trinajstić information content (AvgIpc) is 2.79. The van der Waals surface area contributed by atoms with Crippen LogP contribution in [0.25, 0.3) is 0 Å². The van der Waals surface area contributed by atoms with Gasteiger partial charge in [0, 0.05) is 33.1 Å². The Balaban J connectivity index is 2.22. The molecule has 0 aliphatic carbocycles. The predicted molar refractivity (Wildman–Crippen MR) is 89.9 cm³/mol. The number of ether oxygens (including phenoxy) is 1. The molecule has 5 heteroatoms. The first kappa shape index (κ1) is 17.3. The third-order valence-electron chi connectivity index (χ3n) is 4.35. The van der Waals surface area contributed by atoms with Crippen LogP contribution in [0.2, 0.25) is 0 Å². The minimum Gasteiger partial charge on any atom is -0.496 e. The van der Waals surface area contributed by atoms with E-state index in [9.17, 15) is 9.59 Å². The van der Waals surface area contributed by atoms with E-state index in [0.717, 1.165) is 12.0 Å². The highest BCUT2D eigenvalue weighted by atomic mass is 16.5. The summed E-state index contributed by atoms with van der Waals surface area (Å²) in [6, 6.07) is 5.79. The summed E-state index contributed by atoms with van der Waals surface area (Å²) in [5.74, 6) is 1.00. The van der Waals surface area contributed by atoms with Gasteiger partial charge in [0.1, 0.15) is 5.75 Å². The molecule has 2 rings (SSSR count). The zero-order chi connectivity index (χ0) is 17.0. The second-order valence-corrected chi connectivity index (χ2v) is 6.27. The Labute approximate surface area is 138 Å². The van der Waals surface area contributed by atoms with Crippen LogP contribution >= 0.6 is 0 Å². The highest BCUT2D eigenvalue weighted by molar-refractivity contribution is 5.97. The van der Waals surface area contributed by atoms with Crippen LogP contribution in [0.4, 0.5) is 0 Å². The summed E-state index contributed by atoms with van der Waals surface area (Å²) in [5, 5.41) is 0. The summed E-state index contributed by atoms with van der Waals surface area (Å²) in [5.41, 5.74) is 1.73. The van der Waals surface area contributed by atoms with Crippen molar-refractivity contribution >= 4 is 11.8 Å². The second-order valence-electron chi connectivity index (χ2n) is 6.27. The smallest absolute Gasteiger partial charge is 0.257 e. The third kappa shape index (κ3) is 4.03. The molecule has 0 N–H and O–H groups in total. The molecule has 0 bridgehead atoms. The van der Waals surface area contributed by atoms with Gasteiger partial charge in [0.25, 0.3) is 5.91 Å². The summed E-state index contributed by atoms with van der Waals surface area (Å²) in [7, 11) is 1.58. The van der Waals surface area contributed by atoms with Crippen LogP contribution in [0.3, 0.4) is 0 Å². The van der Waals surface area contributed by atoms with E-state index in [1.165, 1.54) is 0 Å². The number of carbonyl (C=O) groups is 2. The fraction of sp³-hybridized carbons (Fsp3) is 0.556. The molecule has 1 fully saturated rings. The Morgan fingerprint density at radius 3 is 2.35 bits per heavy atom. The fourth-order valence-electron chi connectivity index (χ4n) is 2.86. The molecule has 1 aromatic carbocycles. The van der Waals surface area contributed by atoms with Crippen LogP contribution in [0.5, 0.6) is 5.75 Å². The number of nitrogens with zero attached hydrogens (tertiary/aromatic N) is 2. The second kappa shape index (κ2) is 7.49. The lowest BCUT2D eigenvalue weighted by molar-refractivity contribution is -0.128. The van der Waals surface area contributed by atoms with E-state index < -0.39 is 0 Å². The van der Waals surface area contributed by atoms with E-state index in [0.29, 0.717) is 43.4 Å². The molecule has 0 saturated carbocycles. The third-order valence-corrected chi connectivity index (χ3v) is 4.35. The lowest BCUT2D eigenvalue weighted by Gasteiger charge is -2.23. The van der Waals surface area contributed by atoms with E-state index in [2.05, 4.69) is 13.8 Å². The fourth-order valence-corrected chi connectivity index (χ4v) is 2.86. The van der Waals surface area contributed by atoms with Crippen LogP contribution in [-0.2, 0) is 4.79 Å². The summed E-state index contributed by atoms with van der Waals surface area (Å²) in [6.07, 6.45) is 0.803. The van der Waals surface area contributed by atoms with Crippen molar-refractivity contribution in [3.8, 4) is 5.75 Å². The van der Waals surface area contributed by atoms with Crippen LogP contribution in [0.15, 0.2) is 18.2 Å². The quantitative estimate of drug-likeness (QED) is 0.860. The lowest BCUT2D eigenvalue weighted by atomic mass is 9.99. The van der Waals surface area contributed by atoms with Gasteiger partial charge >= 0.3 is 0 Å². The molecule has 1 heterocycles. The number of rotatable bonds is 3. The van der Waals surface area contributed by atoms with Crippen LogP contribution < -0.4 is 4.74 Å².